The molecule has 0 unspecified atom stereocenters. The summed E-state index contributed by atoms with van der Waals surface area (Å²) in [5.74, 6) is 0.281. The van der Waals surface area contributed by atoms with Gasteiger partial charge >= 0.3 is 6.09 Å². The summed E-state index contributed by atoms with van der Waals surface area (Å²) in [5.41, 5.74) is 3.62. The number of fused-ring (bicyclic) bond motifs is 1. The first-order valence-electron chi connectivity index (χ1n) is 12.0. The molecule has 2 aliphatic heterocycles. The third-order valence-electron chi connectivity index (χ3n) is 5.72. The fraction of sp³-hybridized carbons (Fsp3) is 0.538. The number of benzene rings is 1. The minimum atomic E-state index is -0.673. The van der Waals surface area contributed by atoms with Crippen LogP contribution >= 0.6 is 0 Å². The molecular weight excluding hydrogens is 433 g/mol. The lowest BCUT2D eigenvalue weighted by atomic mass is 10.0. The number of halogens is 1. The maximum Gasteiger partial charge on any atom is 0.414 e. The average molecular weight is 472 g/mol. The van der Waals surface area contributed by atoms with Crippen LogP contribution in [0.3, 0.4) is 0 Å². The van der Waals surface area contributed by atoms with Gasteiger partial charge in [-0.25, -0.2) is 14.2 Å². The van der Waals surface area contributed by atoms with Gasteiger partial charge in [0, 0.05) is 25.3 Å². The summed E-state index contributed by atoms with van der Waals surface area (Å²) in [4.78, 5) is 21.0. The molecule has 3 rings (SSSR count). The Hall–Kier alpha value is -2.71. The van der Waals surface area contributed by atoms with Crippen molar-refractivity contribution < 1.29 is 13.9 Å². The number of likely N-dealkylation sites (N-methyl/N-ethyl adjacent to an activating group) is 1. The fourth-order valence-electron chi connectivity index (χ4n) is 3.87. The van der Waals surface area contributed by atoms with Gasteiger partial charge in [-0.3, -0.25) is 4.90 Å². The largest absolute Gasteiger partial charge is 0.443 e. The first-order chi connectivity index (χ1) is 16.1. The molecule has 0 aromatic heterocycles. The fourth-order valence-corrected chi connectivity index (χ4v) is 3.87. The number of allylic oxidation sites excluding steroid dienone is 2. The van der Waals surface area contributed by atoms with Gasteiger partial charge in [-0.15, -0.1) is 0 Å². The van der Waals surface area contributed by atoms with Crippen molar-refractivity contribution in [3.8, 4) is 0 Å². The lowest BCUT2D eigenvalue weighted by molar-refractivity contribution is 0.0577. The Morgan fingerprint density at radius 1 is 1.26 bits per heavy atom. The zero-order valence-electron chi connectivity index (χ0n) is 21.3. The van der Waals surface area contributed by atoms with Gasteiger partial charge in [0.25, 0.3) is 0 Å². The van der Waals surface area contributed by atoms with Gasteiger partial charge in [0.2, 0.25) is 0 Å². The topological polar surface area (TPSA) is 69.2 Å². The molecule has 2 aliphatic rings. The maximum absolute atomic E-state index is 15.3. The van der Waals surface area contributed by atoms with Gasteiger partial charge in [0.1, 0.15) is 17.2 Å². The third-order valence-corrected chi connectivity index (χ3v) is 5.72. The molecule has 8 heteroatoms. The quantitative estimate of drug-likeness (QED) is 0.590. The van der Waals surface area contributed by atoms with Crippen molar-refractivity contribution in [3.05, 3.63) is 47.1 Å². The summed E-state index contributed by atoms with van der Waals surface area (Å²) in [6.45, 7) is 10.1. The Bertz CT molecular complexity index is 991. The average Bonchev–Trinajstić information content (AvgIpc) is 2.92. The van der Waals surface area contributed by atoms with E-state index in [-0.39, 0.29) is 5.69 Å². The summed E-state index contributed by atoms with van der Waals surface area (Å²) in [5, 5.41) is 6.70. The maximum atomic E-state index is 15.3. The van der Waals surface area contributed by atoms with Crippen molar-refractivity contribution in [3.63, 3.8) is 0 Å². The Labute approximate surface area is 202 Å². The number of carbonyl (C=O) groups is 1. The van der Waals surface area contributed by atoms with Crippen LogP contribution in [0.15, 0.2) is 46.2 Å². The number of piperidine rings is 1. The predicted molar refractivity (Wildman–Crippen MR) is 137 cm³/mol. The minimum absolute atomic E-state index is 0.193. The number of amides is 1. The van der Waals surface area contributed by atoms with Crippen molar-refractivity contribution in [2.45, 2.75) is 52.6 Å². The van der Waals surface area contributed by atoms with Gasteiger partial charge < -0.3 is 20.3 Å². The molecule has 34 heavy (non-hydrogen) atoms. The Balaban J connectivity index is 1.86. The summed E-state index contributed by atoms with van der Waals surface area (Å²) in [6, 6.07) is 4.82. The van der Waals surface area contributed by atoms with Crippen molar-refractivity contribution in [2.75, 3.05) is 50.5 Å². The molecule has 0 atom stereocenters. The molecule has 0 spiro atoms. The van der Waals surface area contributed by atoms with Crippen LogP contribution in [-0.4, -0.2) is 62.6 Å². The number of ether oxygens (including phenoxy) is 1. The first kappa shape index (κ1) is 25.9. The second-order valence-corrected chi connectivity index (χ2v) is 9.95. The van der Waals surface area contributed by atoms with E-state index in [1.54, 1.807) is 32.9 Å². The van der Waals surface area contributed by atoms with E-state index in [9.17, 15) is 4.79 Å². The highest BCUT2D eigenvalue weighted by atomic mass is 19.1. The van der Waals surface area contributed by atoms with Gasteiger partial charge in [0.15, 0.2) is 0 Å². The molecular formula is C26H38FN5O2. The molecule has 186 valence electrons. The highest BCUT2D eigenvalue weighted by molar-refractivity contribution is 6.03. The Morgan fingerprint density at radius 2 is 2.03 bits per heavy atom. The highest BCUT2D eigenvalue weighted by Crippen LogP contribution is 2.28. The number of anilines is 2. The van der Waals surface area contributed by atoms with Crippen LogP contribution in [0, 0.1) is 5.82 Å². The second kappa shape index (κ2) is 11.1. The lowest BCUT2D eigenvalue weighted by Crippen LogP contribution is -2.41. The molecule has 1 saturated heterocycles. The van der Waals surface area contributed by atoms with Crippen LogP contribution in [0.2, 0.25) is 0 Å². The number of nitrogens with one attached hydrogen (secondary N) is 2. The SMILES string of the molecule is CCC1=C(Nc2ccc(N(CCN(C)C)C(=O)OC(C)(C)C)c(F)c2)N=C2CNCCC2=CC1. The van der Waals surface area contributed by atoms with Crippen molar-refractivity contribution in [1.29, 1.82) is 0 Å². The Kier molecular flexibility index (Phi) is 8.49. The molecule has 1 amide bonds. The van der Waals surface area contributed by atoms with Crippen LogP contribution in [0.4, 0.5) is 20.6 Å². The highest BCUT2D eigenvalue weighted by Gasteiger charge is 2.26. The van der Waals surface area contributed by atoms with E-state index in [1.165, 1.54) is 22.1 Å². The van der Waals surface area contributed by atoms with E-state index in [4.69, 9.17) is 9.73 Å². The summed E-state index contributed by atoms with van der Waals surface area (Å²) < 4.78 is 20.9. The summed E-state index contributed by atoms with van der Waals surface area (Å²) in [7, 11) is 3.82. The number of rotatable bonds is 7. The smallest absolute Gasteiger partial charge is 0.414 e. The molecule has 2 N–H and O–H groups in total. The predicted octanol–water partition coefficient (Wildman–Crippen LogP) is 4.93. The zero-order chi connectivity index (χ0) is 24.9. The van der Waals surface area contributed by atoms with Gasteiger partial charge in [-0.05, 0) is 90.0 Å². The summed E-state index contributed by atoms with van der Waals surface area (Å²) in [6.07, 6.45) is 4.36. The van der Waals surface area contributed by atoms with Gasteiger partial charge in [-0.1, -0.05) is 13.0 Å². The van der Waals surface area contributed by atoms with Crippen LogP contribution < -0.4 is 15.5 Å². The number of aliphatic imine (C=N–C) groups is 1. The molecule has 0 saturated carbocycles. The van der Waals surface area contributed by atoms with E-state index < -0.39 is 17.5 Å². The standard InChI is InChI=1S/C26H38FN5O2/c1-7-18-8-9-19-12-13-28-17-22(19)30-24(18)29-20-10-11-23(21(27)16-20)32(15-14-31(5)6)25(33)34-26(2,3)4/h9-11,16,28-29H,7-8,12-15,17H2,1-6H3. The monoisotopic (exact) mass is 471 g/mol. The van der Waals surface area contributed by atoms with Crippen LogP contribution in [-0.2, 0) is 4.74 Å². The van der Waals surface area contributed by atoms with E-state index in [2.05, 4.69) is 23.6 Å². The molecule has 7 nitrogen and oxygen atoms in total. The molecule has 1 aromatic carbocycles. The molecule has 2 heterocycles. The van der Waals surface area contributed by atoms with E-state index in [0.717, 1.165) is 43.9 Å². The van der Waals surface area contributed by atoms with Gasteiger partial charge in [-0.2, -0.15) is 0 Å². The molecule has 1 aromatic rings. The van der Waals surface area contributed by atoms with Crippen LogP contribution in [0.5, 0.6) is 0 Å². The van der Waals surface area contributed by atoms with Crippen molar-refractivity contribution in [2.24, 2.45) is 4.99 Å². The van der Waals surface area contributed by atoms with Gasteiger partial charge in [0.05, 0.1) is 11.4 Å². The summed E-state index contributed by atoms with van der Waals surface area (Å²) >= 11 is 0. The second-order valence-electron chi connectivity index (χ2n) is 9.95. The molecule has 0 bridgehead atoms. The molecule has 0 radical (unpaired) electrons. The number of nitrogens with zero attached hydrogens (tertiary/aromatic N) is 3. The van der Waals surface area contributed by atoms with Crippen LogP contribution in [0.25, 0.3) is 0 Å². The molecule has 1 fully saturated rings. The Morgan fingerprint density at radius 3 is 2.68 bits per heavy atom. The van der Waals surface area contributed by atoms with Crippen LogP contribution in [0.1, 0.15) is 47.0 Å². The van der Waals surface area contributed by atoms with Crippen molar-refractivity contribution in [1.82, 2.24) is 10.2 Å². The normalized spacial score (nSPS) is 16.5. The van der Waals surface area contributed by atoms with Crippen molar-refractivity contribution >= 4 is 23.2 Å². The first-order valence-corrected chi connectivity index (χ1v) is 12.0. The minimum Gasteiger partial charge on any atom is -0.443 e. The number of hydrogen-bond donors (Lipinski definition) is 2. The lowest BCUT2D eigenvalue weighted by Gasteiger charge is -2.28. The van der Waals surface area contributed by atoms with E-state index in [0.29, 0.717) is 18.8 Å². The van der Waals surface area contributed by atoms with E-state index >= 15 is 4.39 Å². The molecule has 0 aliphatic carbocycles. The third kappa shape index (κ3) is 6.90. The number of carbonyl (C=O) groups excluding carboxylic acids is 1. The number of hydrogen-bond acceptors (Lipinski definition) is 6. The zero-order valence-corrected chi connectivity index (χ0v) is 21.3. The van der Waals surface area contributed by atoms with E-state index in [1.807, 2.05) is 19.0 Å².